The highest BCUT2D eigenvalue weighted by Gasteiger charge is 2.39. The average molecular weight is 345 g/mol. The molecule has 4 rings (SSSR count). The summed E-state index contributed by atoms with van der Waals surface area (Å²) in [5.74, 6) is 1.77. The van der Waals surface area contributed by atoms with Gasteiger partial charge in [0.1, 0.15) is 5.75 Å². The van der Waals surface area contributed by atoms with Crippen molar-refractivity contribution in [1.82, 2.24) is 0 Å². The number of nitrogens with zero attached hydrogens (tertiary/aromatic N) is 1. The Hall–Kier alpha value is -2.67. The first-order chi connectivity index (χ1) is 11.4. The third kappa shape index (κ3) is 2.28. The molecular weight excluding hydrogens is 330 g/mol. The summed E-state index contributed by atoms with van der Waals surface area (Å²) in [6.07, 6.45) is 0.316. The maximum atomic E-state index is 12.3. The highest BCUT2D eigenvalue weighted by Crippen LogP contribution is 2.43. The van der Waals surface area contributed by atoms with Gasteiger partial charge in [-0.25, -0.2) is 12.7 Å². The molecule has 1 unspecified atom stereocenters. The molecule has 7 heteroatoms. The van der Waals surface area contributed by atoms with Gasteiger partial charge in [0.2, 0.25) is 23.0 Å². The van der Waals surface area contributed by atoms with E-state index in [9.17, 15) is 8.42 Å². The van der Waals surface area contributed by atoms with Gasteiger partial charge >= 0.3 is 0 Å². The van der Waals surface area contributed by atoms with Gasteiger partial charge in [0, 0.05) is 5.57 Å². The summed E-state index contributed by atoms with van der Waals surface area (Å²) in [7, 11) is -3.54. The Morgan fingerprint density at radius 3 is 2.67 bits per heavy atom. The van der Waals surface area contributed by atoms with Crippen molar-refractivity contribution in [3.8, 4) is 17.2 Å². The molecule has 2 aliphatic heterocycles. The lowest BCUT2D eigenvalue weighted by molar-refractivity contribution is 0.174. The van der Waals surface area contributed by atoms with Gasteiger partial charge in [-0.2, -0.15) is 0 Å². The van der Waals surface area contributed by atoms with Crippen molar-refractivity contribution in [3.05, 3.63) is 54.6 Å². The van der Waals surface area contributed by atoms with Gasteiger partial charge in [0.15, 0.2) is 11.5 Å². The van der Waals surface area contributed by atoms with Crippen molar-refractivity contribution in [2.24, 2.45) is 0 Å². The highest BCUT2D eigenvalue weighted by atomic mass is 32.2. The minimum Gasteiger partial charge on any atom is -0.463 e. The van der Waals surface area contributed by atoms with Crippen LogP contribution < -0.4 is 18.5 Å². The van der Waals surface area contributed by atoms with Crippen molar-refractivity contribution >= 4 is 21.3 Å². The molecule has 0 saturated heterocycles. The number of ether oxygens (including phenoxy) is 3. The van der Waals surface area contributed by atoms with E-state index in [2.05, 4.69) is 6.58 Å². The van der Waals surface area contributed by atoms with Crippen molar-refractivity contribution in [2.75, 3.05) is 17.4 Å². The van der Waals surface area contributed by atoms with Crippen LogP contribution in [-0.2, 0) is 10.0 Å². The molecule has 0 fully saturated rings. The molecule has 0 spiro atoms. The monoisotopic (exact) mass is 345 g/mol. The summed E-state index contributed by atoms with van der Waals surface area (Å²) in [6.45, 7) is 4.22. The number of hydrogen-bond donors (Lipinski definition) is 0. The molecule has 24 heavy (non-hydrogen) atoms. The number of benzene rings is 2. The second kappa shape index (κ2) is 5.17. The number of rotatable bonds is 3. The van der Waals surface area contributed by atoms with Crippen molar-refractivity contribution in [1.29, 1.82) is 0 Å². The fraction of sp³-hybridized carbons (Fsp3) is 0.176. The first-order valence-electron chi connectivity index (χ1n) is 7.29. The Bertz CT molecular complexity index is 938. The van der Waals surface area contributed by atoms with E-state index in [0.717, 1.165) is 11.8 Å². The third-order valence-corrected chi connectivity index (χ3v) is 5.06. The van der Waals surface area contributed by atoms with E-state index in [1.807, 2.05) is 6.07 Å². The number of hydrogen-bond acceptors (Lipinski definition) is 5. The fourth-order valence-electron chi connectivity index (χ4n) is 2.84. The minimum absolute atomic E-state index is 0.173. The molecule has 0 amide bonds. The second-order valence-electron chi connectivity index (χ2n) is 5.59. The zero-order valence-corrected chi connectivity index (χ0v) is 13.7. The van der Waals surface area contributed by atoms with Gasteiger partial charge in [-0.05, 0) is 29.8 Å². The number of fused-ring (bicyclic) bond motifs is 2. The predicted octanol–water partition coefficient (Wildman–Crippen LogP) is 2.61. The summed E-state index contributed by atoms with van der Waals surface area (Å²) in [6, 6.07) is 12.4. The van der Waals surface area contributed by atoms with E-state index in [1.165, 1.54) is 4.31 Å². The summed E-state index contributed by atoms with van der Waals surface area (Å²) in [5.41, 5.74) is 1.76. The topological polar surface area (TPSA) is 65.1 Å². The highest BCUT2D eigenvalue weighted by molar-refractivity contribution is 7.92. The van der Waals surface area contributed by atoms with Gasteiger partial charge in [0.25, 0.3) is 0 Å². The van der Waals surface area contributed by atoms with Gasteiger partial charge in [0.05, 0.1) is 11.9 Å². The maximum absolute atomic E-state index is 12.3. The van der Waals surface area contributed by atoms with Gasteiger partial charge < -0.3 is 14.2 Å². The van der Waals surface area contributed by atoms with E-state index in [0.29, 0.717) is 28.5 Å². The van der Waals surface area contributed by atoms with Crippen LogP contribution in [0.2, 0.25) is 0 Å². The molecule has 0 aromatic heterocycles. The number of para-hydroxylation sites is 2. The lowest BCUT2D eigenvalue weighted by Crippen LogP contribution is -2.39. The fourth-order valence-corrected chi connectivity index (χ4v) is 3.86. The van der Waals surface area contributed by atoms with Crippen LogP contribution in [0.15, 0.2) is 49.0 Å². The molecule has 2 aromatic carbocycles. The zero-order valence-electron chi connectivity index (χ0n) is 12.9. The van der Waals surface area contributed by atoms with E-state index in [1.54, 1.807) is 36.4 Å². The van der Waals surface area contributed by atoms with E-state index >= 15 is 0 Å². The number of sulfonamides is 1. The Kier molecular flexibility index (Phi) is 3.21. The molecular formula is C17H15NO5S. The van der Waals surface area contributed by atoms with E-state index in [-0.39, 0.29) is 6.79 Å². The molecule has 0 saturated carbocycles. The van der Waals surface area contributed by atoms with Gasteiger partial charge in [-0.15, -0.1) is 0 Å². The lowest BCUT2D eigenvalue weighted by atomic mass is 10.1. The van der Waals surface area contributed by atoms with E-state index < -0.39 is 16.3 Å². The molecule has 0 aliphatic carbocycles. The average Bonchev–Trinajstić information content (AvgIpc) is 3.16. The van der Waals surface area contributed by atoms with Crippen molar-refractivity contribution in [3.63, 3.8) is 0 Å². The Balaban J connectivity index is 1.74. The molecule has 2 aliphatic rings. The van der Waals surface area contributed by atoms with Crippen LogP contribution in [0.1, 0.15) is 5.56 Å². The van der Waals surface area contributed by atoms with Crippen LogP contribution in [0.5, 0.6) is 17.2 Å². The molecule has 6 nitrogen and oxygen atoms in total. The van der Waals surface area contributed by atoms with Crippen LogP contribution in [-0.4, -0.2) is 27.7 Å². The molecule has 124 valence electrons. The van der Waals surface area contributed by atoms with Crippen LogP contribution >= 0.6 is 0 Å². The van der Waals surface area contributed by atoms with Gasteiger partial charge in [-0.3, -0.25) is 0 Å². The molecule has 0 N–H and O–H groups in total. The molecule has 0 bridgehead atoms. The second-order valence-corrected chi connectivity index (χ2v) is 7.45. The van der Waals surface area contributed by atoms with E-state index in [4.69, 9.17) is 14.2 Å². The largest absolute Gasteiger partial charge is 0.463 e. The van der Waals surface area contributed by atoms with Crippen LogP contribution in [0.4, 0.5) is 5.69 Å². The smallest absolute Gasteiger partial charge is 0.235 e. The molecule has 2 aromatic rings. The first-order valence-corrected chi connectivity index (χ1v) is 9.14. The zero-order chi connectivity index (χ0) is 16.9. The summed E-state index contributed by atoms with van der Waals surface area (Å²) >= 11 is 0. The first kappa shape index (κ1) is 14.9. The molecule has 2 heterocycles. The third-order valence-electron chi connectivity index (χ3n) is 3.95. The summed E-state index contributed by atoms with van der Waals surface area (Å²) < 4.78 is 42.3. The van der Waals surface area contributed by atoms with Crippen LogP contribution in [0.3, 0.4) is 0 Å². The van der Waals surface area contributed by atoms with Crippen molar-refractivity contribution in [2.45, 2.75) is 6.23 Å². The quantitative estimate of drug-likeness (QED) is 0.856. The van der Waals surface area contributed by atoms with Crippen molar-refractivity contribution < 1.29 is 22.6 Å². The maximum Gasteiger partial charge on any atom is 0.235 e. The summed E-state index contributed by atoms with van der Waals surface area (Å²) in [5, 5.41) is 0. The van der Waals surface area contributed by atoms with Crippen LogP contribution in [0.25, 0.3) is 5.57 Å². The minimum atomic E-state index is -3.54. The van der Waals surface area contributed by atoms with Crippen LogP contribution in [0, 0.1) is 0 Å². The summed E-state index contributed by atoms with van der Waals surface area (Å²) in [4.78, 5) is 0. The Morgan fingerprint density at radius 1 is 1.12 bits per heavy atom. The normalized spacial score (nSPS) is 18.2. The SMILES string of the molecule is C=C(c1ccc2c(c1)OCO2)C1Oc2ccccc2N1S(C)(=O)=O. The standard InChI is InChI=1S/C17H15NO5S/c1-11(12-7-8-15-16(9-12)22-10-21-15)17-18(24(2,19)20)13-5-3-4-6-14(13)23-17/h3-9,17H,1,10H2,2H3. The Labute approximate surface area is 139 Å². The number of anilines is 1. The lowest BCUT2D eigenvalue weighted by Gasteiger charge is -2.24. The van der Waals surface area contributed by atoms with Gasteiger partial charge in [-0.1, -0.05) is 24.8 Å². The molecule has 1 atom stereocenters. The predicted molar refractivity (Wildman–Crippen MR) is 89.8 cm³/mol. The molecule has 0 radical (unpaired) electrons. The Morgan fingerprint density at radius 2 is 1.88 bits per heavy atom.